The number of aromatic nitrogens is 1. The maximum Gasteiger partial charge on any atom is 0.417 e. The number of benzene rings is 1. The summed E-state index contributed by atoms with van der Waals surface area (Å²) in [7, 11) is 0. The predicted molar refractivity (Wildman–Crippen MR) is 101 cm³/mol. The number of nitrogens with one attached hydrogen (secondary N) is 2. The first-order chi connectivity index (χ1) is 13.2. The molecule has 2 amide bonds. The number of nitrogens with zero attached hydrogens (tertiary/aromatic N) is 1. The Labute approximate surface area is 168 Å². The molecule has 148 valence electrons. The van der Waals surface area contributed by atoms with Crippen molar-refractivity contribution in [3.05, 3.63) is 52.7 Å². The SMILES string of the molecule is O=C(CSc1ncc(C(F)(F)F)cc1Cl)Nc1cccc(C(=O)NC2CC2)c1. The summed E-state index contributed by atoms with van der Waals surface area (Å²) in [6.45, 7) is 0. The third-order valence-electron chi connectivity index (χ3n) is 3.80. The van der Waals surface area contributed by atoms with E-state index in [4.69, 9.17) is 11.6 Å². The van der Waals surface area contributed by atoms with E-state index in [1.165, 1.54) is 0 Å². The van der Waals surface area contributed by atoms with Gasteiger partial charge in [0.05, 0.1) is 16.3 Å². The van der Waals surface area contributed by atoms with Crippen molar-refractivity contribution >= 4 is 40.9 Å². The molecule has 10 heteroatoms. The molecular weight excluding hydrogens is 415 g/mol. The summed E-state index contributed by atoms with van der Waals surface area (Å²) in [6.07, 6.45) is -1.91. The van der Waals surface area contributed by atoms with Crippen LogP contribution in [0.15, 0.2) is 41.6 Å². The van der Waals surface area contributed by atoms with Gasteiger partial charge in [0.25, 0.3) is 5.91 Å². The van der Waals surface area contributed by atoms with E-state index in [0.29, 0.717) is 17.4 Å². The van der Waals surface area contributed by atoms with Crippen LogP contribution in [0.2, 0.25) is 5.02 Å². The molecule has 1 aromatic heterocycles. The van der Waals surface area contributed by atoms with E-state index in [1.54, 1.807) is 24.3 Å². The molecule has 0 bridgehead atoms. The zero-order valence-corrected chi connectivity index (χ0v) is 15.9. The van der Waals surface area contributed by atoms with Crippen molar-refractivity contribution in [2.75, 3.05) is 11.1 Å². The van der Waals surface area contributed by atoms with Crippen molar-refractivity contribution in [2.24, 2.45) is 0 Å². The van der Waals surface area contributed by atoms with Crippen molar-refractivity contribution < 1.29 is 22.8 Å². The molecule has 1 fully saturated rings. The molecule has 0 unspecified atom stereocenters. The van der Waals surface area contributed by atoms with Gasteiger partial charge in [-0.1, -0.05) is 29.4 Å². The van der Waals surface area contributed by atoms with Crippen LogP contribution in [-0.2, 0) is 11.0 Å². The van der Waals surface area contributed by atoms with Crippen LogP contribution in [0.4, 0.5) is 18.9 Å². The molecule has 0 saturated heterocycles. The summed E-state index contributed by atoms with van der Waals surface area (Å²) in [5.74, 6) is -0.701. The molecule has 3 rings (SSSR count). The molecule has 1 saturated carbocycles. The van der Waals surface area contributed by atoms with E-state index in [2.05, 4.69) is 15.6 Å². The molecule has 1 aliphatic rings. The van der Waals surface area contributed by atoms with Gasteiger partial charge in [-0.3, -0.25) is 9.59 Å². The van der Waals surface area contributed by atoms with Crippen LogP contribution in [0.5, 0.6) is 0 Å². The summed E-state index contributed by atoms with van der Waals surface area (Å²) < 4.78 is 37.9. The summed E-state index contributed by atoms with van der Waals surface area (Å²) >= 11 is 6.74. The number of rotatable bonds is 6. The highest BCUT2D eigenvalue weighted by molar-refractivity contribution is 8.00. The van der Waals surface area contributed by atoms with E-state index in [-0.39, 0.29) is 27.8 Å². The smallest absolute Gasteiger partial charge is 0.349 e. The van der Waals surface area contributed by atoms with E-state index < -0.39 is 17.6 Å². The van der Waals surface area contributed by atoms with Gasteiger partial charge in [0, 0.05) is 23.5 Å². The van der Waals surface area contributed by atoms with Gasteiger partial charge in [0.2, 0.25) is 5.91 Å². The van der Waals surface area contributed by atoms with Gasteiger partial charge < -0.3 is 10.6 Å². The van der Waals surface area contributed by atoms with Gasteiger partial charge in [-0.05, 0) is 37.1 Å². The Morgan fingerprint density at radius 3 is 2.64 bits per heavy atom. The van der Waals surface area contributed by atoms with Crippen molar-refractivity contribution in [3.63, 3.8) is 0 Å². The molecule has 0 atom stereocenters. The lowest BCUT2D eigenvalue weighted by atomic mass is 10.2. The second-order valence-corrected chi connectivity index (χ2v) is 7.55. The van der Waals surface area contributed by atoms with Crippen molar-refractivity contribution in [3.8, 4) is 0 Å². The van der Waals surface area contributed by atoms with Crippen LogP contribution in [0.1, 0.15) is 28.8 Å². The van der Waals surface area contributed by atoms with Crippen molar-refractivity contribution in [2.45, 2.75) is 30.1 Å². The lowest BCUT2D eigenvalue weighted by Gasteiger charge is -2.10. The highest BCUT2D eigenvalue weighted by Crippen LogP contribution is 2.33. The lowest BCUT2D eigenvalue weighted by Crippen LogP contribution is -2.25. The zero-order valence-electron chi connectivity index (χ0n) is 14.3. The van der Waals surface area contributed by atoms with Crippen LogP contribution in [0, 0.1) is 0 Å². The van der Waals surface area contributed by atoms with Crippen molar-refractivity contribution in [1.29, 1.82) is 0 Å². The Morgan fingerprint density at radius 2 is 2.00 bits per heavy atom. The number of hydrogen-bond acceptors (Lipinski definition) is 4. The maximum atomic E-state index is 12.6. The number of alkyl halides is 3. The molecule has 0 aliphatic heterocycles. The number of thioether (sulfide) groups is 1. The maximum absolute atomic E-state index is 12.6. The fourth-order valence-electron chi connectivity index (χ4n) is 2.25. The second kappa shape index (κ2) is 8.40. The topological polar surface area (TPSA) is 71.1 Å². The minimum Gasteiger partial charge on any atom is -0.349 e. The molecule has 1 aromatic carbocycles. The van der Waals surface area contributed by atoms with Gasteiger partial charge in [-0.25, -0.2) is 4.98 Å². The minimum atomic E-state index is -4.53. The third-order valence-corrected chi connectivity index (χ3v) is 5.20. The number of anilines is 1. The first kappa shape index (κ1) is 20.5. The fraction of sp³-hybridized carbons (Fsp3) is 0.278. The van der Waals surface area contributed by atoms with Crippen LogP contribution >= 0.6 is 23.4 Å². The molecule has 1 heterocycles. The first-order valence-corrected chi connectivity index (χ1v) is 9.65. The third kappa shape index (κ3) is 5.62. The minimum absolute atomic E-state index is 0.101. The molecular formula is C18H15ClF3N3O2S. The lowest BCUT2D eigenvalue weighted by molar-refractivity contribution is -0.137. The highest BCUT2D eigenvalue weighted by atomic mass is 35.5. The molecule has 2 N–H and O–H groups in total. The second-order valence-electron chi connectivity index (χ2n) is 6.17. The Balaban J connectivity index is 1.56. The summed E-state index contributed by atoms with van der Waals surface area (Å²) in [4.78, 5) is 27.8. The monoisotopic (exact) mass is 429 g/mol. The molecule has 1 aliphatic carbocycles. The van der Waals surface area contributed by atoms with Gasteiger partial charge in [0.15, 0.2) is 0 Å². The number of amides is 2. The summed E-state index contributed by atoms with van der Waals surface area (Å²) in [5.41, 5.74) is -0.0714. The highest BCUT2D eigenvalue weighted by Gasteiger charge is 2.31. The standard InChI is InChI=1S/C18H15ClF3N3O2S/c19-14-7-11(18(20,21)22)8-23-17(14)28-9-15(26)24-13-3-1-2-10(6-13)16(27)25-12-4-5-12/h1-3,6-8,12H,4-5,9H2,(H,24,26)(H,25,27). The summed E-state index contributed by atoms with van der Waals surface area (Å²) in [5, 5.41) is 5.45. The molecule has 0 radical (unpaired) electrons. The number of hydrogen-bond donors (Lipinski definition) is 2. The number of halogens is 4. The van der Waals surface area contributed by atoms with Crippen LogP contribution < -0.4 is 10.6 Å². The van der Waals surface area contributed by atoms with E-state index in [9.17, 15) is 22.8 Å². The number of pyridine rings is 1. The summed E-state index contributed by atoms with van der Waals surface area (Å²) in [6, 6.07) is 7.50. The molecule has 0 spiro atoms. The van der Waals surface area contributed by atoms with Crippen LogP contribution in [0.3, 0.4) is 0 Å². The Kier molecular flexibility index (Phi) is 6.14. The Morgan fingerprint density at radius 1 is 1.25 bits per heavy atom. The van der Waals surface area contributed by atoms with E-state index in [0.717, 1.165) is 30.7 Å². The molecule has 5 nitrogen and oxygen atoms in total. The first-order valence-electron chi connectivity index (χ1n) is 8.28. The van der Waals surface area contributed by atoms with Crippen molar-refractivity contribution in [1.82, 2.24) is 10.3 Å². The normalized spacial score (nSPS) is 13.9. The van der Waals surface area contributed by atoms with Crippen LogP contribution in [-0.4, -0.2) is 28.6 Å². The fourth-order valence-corrected chi connectivity index (χ4v) is 3.25. The Hall–Kier alpha value is -2.26. The number of carbonyl (C=O) groups excluding carboxylic acids is 2. The van der Waals surface area contributed by atoms with E-state index >= 15 is 0 Å². The van der Waals surface area contributed by atoms with Gasteiger partial charge in [-0.2, -0.15) is 13.2 Å². The quantitative estimate of drug-likeness (QED) is 0.669. The average molecular weight is 430 g/mol. The van der Waals surface area contributed by atoms with Gasteiger partial charge in [0.1, 0.15) is 5.03 Å². The predicted octanol–water partition coefficient (Wildman–Crippen LogP) is 4.38. The van der Waals surface area contributed by atoms with Gasteiger partial charge in [-0.15, -0.1) is 0 Å². The molecule has 28 heavy (non-hydrogen) atoms. The van der Waals surface area contributed by atoms with E-state index in [1.807, 2.05) is 0 Å². The molecule has 2 aromatic rings. The van der Waals surface area contributed by atoms with Crippen LogP contribution in [0.25, 0.3) is 0 Å². The average Bonchev–Trinajstić information content (AvgIpc) is 3.44. The van der Waals surface area contributed by atoms with Gasteiger partial charge >= 0.3 is 6.18 Å². The zero-order chi connectivity index (χ0) is 20.3. The largest absolute Gasteiger partial charge is 0.417 e. The number of carbonyl (C=O) groups is 2. The Bertz CT molecular complexity index is 904.